The van der Waals surface area contributed by atoms with Crippen LogP contribution in [0.3, 0.4) is 0 Å². The summed E-state index contributed by atoms with van der Waals surface area (Å²) < 4.78 is 12.2. The van der Waals surface area contributed by atoms with Gasteiger partial charge in [0.25, 0.3) is 0 Å². The lowest BCUT2D eigenvalue weighted by Gasteiger charge is -1.89. The Morgan fingerprint density at radius 1 is 1.10 bits per heavy atom. The first-order valence-electron chi connectivity index (χ1n) is 2.31. The number of nitrogen functional groups attached to an aromatic ring is 1. The predicted molar refractivity (Wildman–Crippen MR) is 45.3 cm³/mol. The fourth-order valence-corrected chi connectivity index (χ4v) is 0.475. The van der Waals surface area contributed by atoms with Crippen LogP contribution in [0.5, 0.6) is 0 Å². The van der Waals surface area contributed by atoms with Crippen LogP contribution in [0.1, 0.15) is 0 Å². The molecule has 2 N–H and O–H groups in total. The molecule has 1 aromatic rings. The van der Waals surface area contributed by atoms with Crippen LogP contribution in [0.25, 0.3) is 0 Å². The summed E-state index contributed by atoms with van der Waals surface area (Å²) in [7, 11) is 0. The molecule has 0 spiro atoms. The van der Waals surface area contributed by atoms with Crippen molar-refractivity contribution < 1.29 is 4.39 Å². The van der Waals surface area contributed by atoms with Crippen LogP contribution in [0.15, 0.2) is 24.3 Å². The van der Waals surface area contributed by atoms with Crippen molar-refractivity contribution in [2.24, 2.45) is 0 Å². The number of rotatable bonds is 0. The smallest absolute Gasteiger partial charge is 0.146 e. The summed E-state index contributed by atoms with van der Waals surface area (Å²) in [4.78, 5) is 0. The van der Waals surface area contributed by atoms with Crippen LogP contribution in [0.4, 0.5) is 10.1 Å². The van der Waals surface area contributed by atoms with Gasteiger partial charge in [-0.2, -0.15) is 0 Å². The average Bonchev–Trinajstić information content (AvgIpc) is 1.77. The first-order valence-corrected chi connectivity index (χ1v) is 2.31. The minimum Gasteiger partial charge on any atom is -0.396 e. The molecular weight excluding hydrogens is 176 g/mol. The zero-order valence-corrected chi connectivity index (χ0v) is 6.71. The Hall–Kier alpha value is -0.470. The van der Waals surface area contributed by atoms with Crippen molar-refractivity contribution in [2.75, 3.05) is 5.73 Å². The number of halogens is 3. The highest BCUT2D eigenvalue weighted by atomic mass is 35.5. The molecule has 0 aromatic heterocycles. The van der Waals surface area contributed by atoms with E-state index >= 15 is 0 Å². The SMILES string of the molecule is Cl.Cl.Nc1ccccc1F. The van der Waals surface area contributed by atoms with E-state index in [0.717, 1.165) is 0 Å². The normalized spacial score (nSPS) is 7.30. The van der Waals surface area contributed by atoms with Crippen LogP contribution in [0.2, 0.25) is 0 Å². The van der Waals surface area contributed by atoms with Crippen molar-refractivity contribution in [1.29, 1.82) is 0 Å². The van der Waals surface area contributed by atoms with Gasteiger partial charge in [0.1, 0.15) is 5.82 Å². The molecule has 0 fully saturated rings. The lowest BCUT2D eigenvalue weighted by atomic mass is 10.3. The highest BCUT2D eigenvalue weighted by Gasteiger charge is 1.89. The maximum Gasteiger partial charge on any atom is 0.146 e. The average molecular weight is 184 g/mol. The number of nitrogens with two attached hydrogens (primary N) is 1. The number of para-hydroxylation sites is 1. The zero-order valence-electron chi connectivity index (χ0n) is 5.08. The molecule has 0 saturated carbocycles. The second-order valence-electron chi connectivity index (χ2n) is 1.52. The molecule has 0 atom stereocenters. The lowest BCUT2D eigenvalue weighted by molar-refractivity contribution is 0.632. The first-order chi connectivity index (χ1) is 3.80. The predicted octanol–water partition coefficient (Wildman–Crippen LogP) is 2.25. The monoisotopic (exact) mass is 183 g/mol. The van der Waals surface area contributed by atoms with Gasteiger partial charge in [-0.05, 0) is 12.1 Å². The summed E-state index contributed by atoms with van der Waals surface area (Å²) in [6, 6.07) is 6.15. The van der Waals surface area contributed by atoms with Gasteiger partial charge in [0, 0.05) is 0 Å². The molecule has 0 aliphatic heterocycles. The summed E-state index contributed by atoms with van der Waals surface area (Å²) in [6.07, 6.45) is 0. The Bertz CT molecular complexity index is 172. The van der Waals surface area contributed by atoms with Gasteiger partial charge in [-0.1, -0.05) is 12.1 Å². The van der Waals surface area contributed by atoms with Gasteiger partial charge < -0.3 is 5.73 Å². The van der Waals surface area contributed by atoms with Crippen molar-refractivity contribution in [1.82, 2.24) is 0 Å². The molecule has 58 valence electrons. The maximum absolute atomic E-state index is 12.2. The Labute approximate surface area is 71.2 Å². The molecule has 0 amide bonds. The molecule has 10 heavy (non-hydrogen) atoms. The van der Waals surface area contributed by atoms with Gasteiger partial charge >= 0.3 is 0 Å². The third-order valence-electron chi connectivity index (χ3n) is 0.905. The number of hydrogen-bond acceptors (Lipinski definition) is 1. The molecule has 1 aromatic carbocycles. The maximum atomic E-state index is 12.2. The molecule has 0 aliphatic rings. The quantitative estimate of drug-likeness (QED) is 0.614. The minimum atomic E-state index is -0.354. The largest absolute Gasteiger partial charge is 0.396 e. The number of benzene rings is 1. The second kappa shape index (κ2) is 5.33. The van der Waals surface area contributed by atoms with Gasteiger partial charge in [0.15, 0.2) is 0 Å². The van der Waals surface area contributed by atoms with Crippen LogP contribution in [0, 0.1) is 5.82 Å². The van der Waals surface area contributed by atoms with Crippen molar-refractivity contribution >= 4 is 30.5 Å². The fraction of sp³-hybridized carbons (Fsp3) is 0. The molecule has 0 saturated heterocycles. The van der Waals surface area contributed by atoms with E-state index in [1.807, 2.05) is 0 Å². The van der Waals surface area contributed by atoms with E-state index in [0.29, 0.717) is 0 Å². The van der Waals surface area contributed by atoms with E-state index in [4.69, 9.17) is 5.73 Å². The van der Waals surface area contributed by atoms with E-state index in [2.05, 4.69) is 0 Å². The zero-order chi connectivity index (χ0) is 5.98. The molecule has 0 heterocycles. The van der Waals surface area contributed by atoms with Gasteiger partial charge in [0.05, 0.1) is 5.69 Å². The molecule has 0 aliphatic carbocycles. The van der Waals surface area contributed by atoms with Crippen molar-refractivity contribution in [3.63, 3.8) is 0 Å². The molecule has 1 rings (SSSR count). The van der Waals surface area contributed by atoms with E-state index in [1.165, 1.54) is 12.1 Å². The Kier molecular flexibility index (Phi) is 6.51. The summed E-state index contributed by atoms with van der Waals surface area (Å²) >= 11 is 0. The minimum absolute atomic E-state index is 0. The fourth-order valence-electron chi connectivity index (χ4n) is 0.475. The number of anilines is 1. The highest BCUT2D eigenvalue weighted by molar-refractivity contribution is 5.85. The van der Waals surface area contributed by atoms with E-state index in [1.54, 1.807) is 12.1 Å². The van der Waals surface area contributed by atoms with Gasteiger partial charge in [-0.15, -0.1) is 24.8 Å². The second-order valence-corrected chi connectivity index (χ2v) is 1.52. The molecule has 1 nitrogen and oxygen atoms in total. The van der Waals surface area contributed by atoms with Gasteiger partial charge in [-0.25, -0.2) is 4.39 Å². The number of hydrogen-bond donors (Lipinski definition) is 1. The third-order valence-corrected chi connectivity index (χ3v) is 0.905. The third kappa shape index (κ3) is 2.90. The lowest BCUT2D eigenvalue weighted by Crippen LogP contribution is -1.86. The van der Waals surface area contributed by atoms with Crippen molar-refractivity contribution in [3.05, 3.63) is 30.1 Å². The van der Waals surface area contributed by atoms with Crippen LogP contribution in [-0.4, -0.2) is 0 Å². The topological polar surface area (TPSA) is 26.0 Å². The highest BCUT2D eigenvalue weighted by Crippen LogP contribution is 2.05. The Morgan fingerprint density at radius 2 is 1.60 bits per heavy atom. The summed E-state index contributed by atoms with van der Waals surface area (Å²) in [5.74, 6) is -0.354. The molecule has 0 unspecified atom stereocenters. The molecule has 0 radical (unpaired) electrons. The van der Waals surface area contributed by atoms with Gasteiger partial charge in [-0.3, -0.25) is 0 Å². The summed E-state index contributed by atoms with van der Waals surface area (Å²) in [5, 5.41) is 0. The van der Waals surface area contributed by atoms with E-state index in [-0.39, 0.29) is 36.3 Å². The van der Waals surface area contributed by atoms with Crippen LogP contribution in [-0.2, 0) is 0 Å². The molecule has 4 heteroatoms. The standard InChI is InChI=1S/C6H6FN.2ClH/c7-5-3-1-2-4-6(5)8;;/h1-4H,8H2;2*1H. The first kappa shape index (κ1) is 12.2. The van der Waals surface area contributed by atoms with Crippen molar-refractivity contribution in [3.8, 4) is 0 Å². The van der Waals surface area contributed by atoms with E-state index < -0.39 is 0 Å². The van der Waals surface area contributed by atoms with E-state index in [9.17, 15) is 4.39 Å². The summed E-state index contributed by atoms with van der Waals surface area (Å²) in [5.41, 5.74) is 5.35. The Morgan fingerprint density at radius 3 is 1.90 bits per heavy atom. The Balaban J connectivity index is 0. The van der Waals surface area contributed by atoms with Crippen LogP contribution >= 0.6 is 24.8 Å². The van der Waals surface area contributed by atoms with Crippen molar-refractivity contribution in [2.45, 2.75) is 0 Å². The summed E-state index contributed by atoms with van der Waals surface area (Å²) in [6.45, 7) is 0. The van der Waals surface area contributed by atoms with Gasteiger partial charge in [0.2, 0.25) is 0 Å². The molecular formula is C6H8Cl2FN. The van der Waals surface area contributed by atoms with Crippen LogP contribution < -0.4 is 5.73 Å². The molecule has 0 bridgehead atoms.